The molecule has 0 aliphatic carbocycles. The summed E-state index contributed by atoms with van der Waals surface area (Å²) in [5.41, 5.74) is 1.65. The maximum absolute atomic E-state index is 12.3. The first-order valence-corrected chi connectivity index (χ1v) is 8.94. The van der Waals surface area contributed by atoms with E-state index < -0.39 is 0 Å². The van der Waals surface area contributed by atoms with Crippen molar-refractivity contribution in [1.82, 2.24) is 5.32 Å². The summed E-state index contributed by atoms with van der Waals surface area (Å²) in [5.74, 6) is 0.641. The van der Waals surface area contributed by atoms with Crippen molar-refractivity contribution in [1.29, 1.82) is 0 Å². The first-order chi connectivity index (χ1) is 12.1. The minimum absolute atomic E-state index is 0.134. The third-order valence-corrected chi connectivity index (χ3v) is 4.33. The predicted molar refractivity (Wildman–Crippen MR) is 103 cm³/mol. The van der Waals surface area contributed by atoms with Crippen LogP contribution in [0, 0.1) is 0 Å². The van der Waals surface area contributed by atoms with Gasteiger partial charge in [0, 0.05) is 24.6 Å². The van der Waals surface area contributed by atoms with E-state index in [9.17, 15) is 4.79 Å². The SMILES string of the molecule is COCCCOc1ccccc1NC(=O)NC(C)c1ccccc1Br. The van der Waals surface area contributed by atoms with Crippen molar-refractivity contribution in [2.75, 3.05) is 25.6 Å². The Balaban J connectivity index is 1.95. The van der Waals surface area contributed by atoms with Gasteiger partial charge >= 0.3 is 6.03 Å². The average molecular weight is 407 g/mol. The standard InChI is InChI=1S/C19H23BrN2O3/c1-14(15-8-3-4-9-16(15)20)21-19(23)22-17-10-5-6-11-18(17)25-13-7-12-24-2/h3-6,8-11,14H,7,12-13H2,1-2H3,(H2,21,22,23). The van der Waals surface area contributed by atoms with E-state index in [1.54, 1.807) is 7.11 Å². The molecule has 0 fully saturated rings. The maximum atomic E-state index is 12.3. The summed E-state index contributed by atoms with van der Waals surface area (Å²) in [6, 6.07) is 14.8. The summed E-state index contributed by atoms with van der Waals surface area (Å²) in [6.07, 6.45) is 0.788. The van der Waals surface area contributed by atoms with Gasteiger partial charge in [-0.15, -0.1) is 0 Å². The fourth-order valence-corrected chi connectivity index (χ4v) is 2.97. The van der Waals surface area contributed by atoms with Gasteiger partial charge in [-0.25, -0.2) is 4.79 Å². The number of urea groups is 1. The number of methoxy groups -OCH3 is 1. The molecule has 1 atom stereocenters. The molecule has 0 saturated carbocycles. The molecule has 2 aromatic carbocycles. The fraction of sp³-hybridized carbons (Fsp3) is 0.316. The van der Waals surface area contributed by atoms with Crippen LogP contribution in [-0.4, -0.2) is 26.4 Å². The summed E-state index contributed by atoms with van der Waals surface area (Å²) in [6.45, 7) is 3.11. The van der Waals surface area contributed by atoms with Gasteiger partial charge < -0.3 is 20.1 Å². The number of carbonyl (C=O) groups excluding carboxylic acids is 1. The molecule has 6 heteroatoms. The van der Waals surface area contributed by atoms with Gasteiger partial charge in [0.15, 0.2) is 0 Å². The zero-order valence-corrected chi connectivity index (χ0v) is 16.0. The van der Waals surface area contributed by atoms with Gasteiger partial charge in [-0.2, -0.15) is 0 Å². The third-order valence-electron chi connectivity index (χ3n) is 3.60. The van der Waals surface area contributed by atoms with E-state index in [0.717, 1.165) is 16.5 Å². The Labute approximate surface area is 156 Å². The molecule has 25 heavy (non-hydrogen) atoms. The minimum atomic E-state index is -0.281. The largest absolute Gasteiger partial charge is 0.491 e. The van der Waals surface area contributed by atoms with Crippen LogP contribution in [-0.2, 0) is 4.74 Å². The number of nitrogens with one attached hydrogen (secondary N) is 2. The van der Waals surface area contributed by atoms with Crippen LogP contribution >= 0.6 is 15.9 Å². The maximum Gasteiger partial charge on any atom is 0.319 e. The van der Waals surface area contributed by atoms with E-state index in [0.29, 0.717) is 24.7 Å². The lowest BCUT2D eigenvalue weighted by molar-refractivity contribution is 0.172. The van der Waals surface area contributed by atoms with Crippen molar-refractivity contribution in [2.45, 2.75) is 19.4 Å². The van der Waals surface area contributed by atoms with Crippen LogP contribution in [0.1, 0.15) is 24.9 Å². The van der Waals surface area contributed by atoms with Crippen molar-refractivity contribution in [3.8, 4) is 5.75 Å². The lowest BCUT2D eigenvalue weighted by Gasteiger charge is -2.17. The molecule has 5 nitrogen and oxygen atoms in total. The van der Waals surface area contributed by atoms with Gasteiger partial charge in [-0.05, 0) is 30.7 Å². The Morgan fingerprint density at radius 2 is 1.84 bits per heavy atom. The van der Waals surface area contributed by atoms with Crippen LogP contribution in [0.5, 0.6) is 5.75 Å². The summed E-state index contributed by atoms with van der Waals surface area (Å²) in [5, 5.41) is 5.78. The Morgan fingerprint density at radius 1 is 1.12 bits per heavy atom. The van der Waals surface area contributed by atoms with Crippen LogP contribution in [0.3, 0.4) is 0 Å². The number of hydrogen-bond donors (Lipinski definition) is 2. The number of anilines is 1. The number of para-hydroxylation sites is 2. The number of ether oxygens (including phenoxy) is 2. The second-order valence-electron chi connectivity index (χ2n) is 5.53. The molecule has 0 saturated heterocycles. The van der Waals surface area contributed by atoms with Crippen molar-refractivity contribution in [3.05, 3.63) is 58.6 Å². The molecule has 0 bridgehead atoms. The normalized spacial score (nSPS) is 11.6. The quantitative estimate of drug-likeness (QED) is 0.621. The molecule has 0 heterocycles. The molecule has 0 aliphatic heterocycles. The van der Waals surface area contributed by atoms with Crippen molar-refractivity contribution >= 4 is 27.6 Å². The third kappa shape index (κ3) is 6.07. The second-order valence-corrected chi connectivity index (χ2v) is 6.39. The molecule has 2 rings (SSSR count). The molecule has 2 aromatic rings. The molecule has 0 aliphatic rings. The molecular formula is C19H23BrN2O3. The van der Waals surface area contributed by atoms with Crippen LogP contribution in [0.4, 0.5) is 10.5 Å². The highest BCUT2D eigenvalue weighted by atomic mass is 79.9. The van der Waals surface area contributed by atoms with Crippen molar-refractivity contribution in [2.24, 2.45) is 0 Å². The summed E-state index contributed by atoms with van der Waals surface area (Å²) >= 11 is 3.50. The van der Waals surface area contributed by atoms with E-state index in [4.69, 9.17) is 9.47 Å². The van der Waals surface area contributed by atoms with E-state index in [2.05, 4.69) is 26.6 Å². The first-order valence-electron chi connectivity index (χ1n) is 8.14. The van der Waals surface area contributed by atoms with E-state index >= 15 is 0 Å². The summed E-state index contributed by atoms with van der Waals surface area (Å²) in [7, 11) is 1.66. The summed E-state index contributed by atoms with van der Waals surface area (Å²) < 4.78 is 11.7. The zero-order valence-electron chi connectivity index (χ0n) is 14.4. The molecule has 0 aromatic heterocycles. The Kier molecular flexibility index (Phi) is 7.76. The smallest absolute Gasteiger partial charge is 0.319 e. The van der Waals surface area contributed by atoms with Gasteiger partial charge in [-0.1, -0.05) is 46.3 Å². The van der Waals surface area contributed by atoms with Crippen LogP contribution in [0.15, 0.2) is 53.0 Å². The van der Waals surface area contributed by atoms with E-state index in [-0.39, 0.29) is 12.1 Å². The van der Waals surface area contributed by atoms with Crippen molar-refractivity contribution < 1.29 is 14.3 Å². The highest BCUT2D eigenvalue weighted by Gasteiger charge is 2.13. The molecular weight excluding hydrogens is 384 g/mol. The molecule has 2 amide bonds. The molecule has 0 spiro atoms. The van der Waals surface area contributed by atoms with Crippen LogP contribution in [0.25, 0.3) is 0 Å². The van der Waals surface area contributed by atoms with Gasteiger partial charge in [0.2, 0.25) is 0 Å². The van der Waals surface area contributed by atoms with Crippen LogP contribution < -0.4 is 15.4 Å². The topological polar surface area (TPSA) is 59.6 Å². The average Bonchev–Trinajstić information content (AvgIpc) is 2.60. The Bertz CT molecular complexity index is 694. The monoisotopic (exact) mass is 406 g/mol. The highest BCUT2D eigenvalue weighted by Crippen LogP contribution is 2.25. The first kappa shape index (κ1) is 19.3. The van der Waals surface area contributed by atoms with Crippen molar-refractivity contribution in [3.63, 3.8) is 0 Å². The van der Waals surface area contributed by atoms with Gasteiger partial charge in [0.1, 0.15) is 5.75 Å². The minimum Gasteiger partial charge on any atom is -0.491 e. The number of hydrogen-bond acceptors (Lipinski definition) is 3. The number of benzene rings is 2. The zero-order chi connectivity index (χ0) is 18.1. The summed E-state index contributed by atoms with van der Waals surface area (Å²) in [4.78, 5) is 12.3. The lowest BCUT2D eigenvalue weighted by atomic mass is 10.1. The van der Waals surface area contributed by atoms with Gasteiger partial charge in [-0.3, -0.25) is 0 Å². The highest BCUT2D eigenvalue weighted by molar-refractivity contribution is 9.10. The number of rotatable bonds is 8. The van der Waals surface area contributed by atoms with E-state index in [1.165, 1.54) is 0 Å². The van der Waals surface area contributed by atoms with Gasteiger partial charge in [0.25, 0.3) is 0 Å². The fourth-order valence-electron chi connectivity index (χ4n) is 2.34. The Hall–Kier alpha value is -2.05. The molecule has 0 radical (unpaired) electrons. The predicted octanol–water partition coefficient (Wildman–Crippen LogP) is 4.75. The van der Waals surface area contributed by atoms with Gasteiger partial charge in [0.05, 0.1) is 18.3 Å². The van der Waals surface area contributed by atoms with E-state index in [1.807, 2.05) is 55.5 Å². The molecule has 134 valence electrons. The Morgan fingerprint density at radius 3 is 2.60 bits per heavy atom. The lowest BCUT2D eigenvalue weighted by Crippen LogP contribution is -2.31. The molecule has 2 N–H and O–H groups in total. The molecule has 1 unspecified atom stereocenters. The number of amides is 2. The second kappa shape index (κ2) is 10.1. The number of carbonyl (C=O) groups is 1. The van der Waals surface area contributed by atoms with Crippen LogP contribution in [0.2, 0.25) is 0 Å². The number of halogens is 1.